The first-order chi connectivity index (χ1) is 12.3. The van der Waals surface area contributed by atoms with Gasteiger partial charge in [0.2, 0.25) is 0 Å². The molecule has 2 N–H and O–H groups in total. The van der Waals surface area contributed by atoms with E-state index in [9.17, 15) is 13.2 Å². The first-order valence-electron chi connectivity index (χ1n) is 8.26. The van der Waals surface area contributed by atoms with Gasteiger partial charge in [0, 0.05) is 23.2 Å². The quantitative estimate of drug-likeness (QED) is 0.579. The summed E-state index contributed by atoms with van der Waals surface area (Å²) >= 11 is 0. The van der Waals surface area contributed by atoms with Crippen molar-refractivity contribution >= 4 is 17.0 Å². The molecule has 0 atom stereocenters. The predicted octanol–water partition coefficient (Wildman–Crippen LogP) is 6.17. The number of alkyl halides is 3. The molecular formula is C20H21F3N2O. The van der Waals surface area contributed by atoms with Crippen molar-refractivity contribution < 1.29 is 17.9 Å². The normalized spacial score (nSPS) is 12.0. The molecule has 6 heteroatoms. The van der Waals surface area contributed by atoms with Gasteiger partial charge in [0.25, 0.3) is 0 Å². The molecule has 3 nitrogen and oxygen atoms in total. The Hall–Kier alpha value is -2.76. The molecule has 0 aliphatic heterocycles. The minimum Gasteiger partial charge on any atom is -0.406 e. The van der Waals surface area contributed by atoms with Crippen LogP contribution >= 0.6 is 0 Å². The molecule has 26 heavy (non-hydrogen) atoms. The fourth-order valence-electron chi connectivity index (χ4n) is 2.46. The third kappa shape index (κ3) is 5.95. The van der Waals surface area contributed by atoms with Crippen LogP contribution in [0.25, 0.3) is 5.57 Å². The molecule has 2 rings (SSSR count). The van der Waals surface area contributed by atoms with Crippen molar-refractivity contribution in [1.29, 1.82) is 5.41 Å². The second kappa shape index (κ2) is 8.56. The highest BCUT2D eigenvalue weighted by molar-refractivity contribution is 6.22. The Morgan fingerprint density at radius 1 is 1.15 bits per heavy atom. The molecule has 0 bridgehead atoms. The van der Waals surface area contributed by atoms with Gasteiger partial charge < -0.3 is 15.5 Å². The van der Waals surface area contributed by atoms with Gasteiger partial charge in [-0.1, -0.05) is 37.6 Å². The van der Waals surface area contributed by atoms with Crippen molar-refractivity contribution in [3.8, 4) is 5.75 Å². The van der Waals surface area contributed by atoms with Gasteiger partial charge in [0.1, 0.15) is 5.75 Å². The number of halogens is 3. The van der Waals surface area contributed by atoms with E-state index in [-0.39, 0.29) is 5.75 Å². The van der Waals surface area contributed by atoms with E-state index in [4.69, 9.17) is 5.41 Å². The lowest BCUT2D eigenvalue weighted by Gasteiger charge is -2.13. The molecule has 0 aromatic heterocycles. The second-order valence-corrected chi connectivity index (χ2v) is 5.87. The first kappa shape index (κ1) is 19.6. The van der Waals surface area contributed by atoms with E-state index in [0.29, 0.717) is 23.3 Å². The molecule has 0 spiro atoms. The average Bonchev–Trinajstić information content (AvgIpc) is 2.55. The van der Waals surface area contributed by atoms with Crippen LogP contribution in [0.5, 0.6) is 5.75 Å². The zero-order chi connectivity index (χ0) is 19.2. The highest BCUT2D eigenvalue weighted by Crippen LogP contribution is 2.26. The molecule has 0 fully saturated rings. The van der Waals surface area contributed by atoms with Gasteiger partial charge in [-0.2, -0.15) is 0 Å². The van der Waals surface area contributed by atoms with Crippen molar-refractivity contribution in [2.75, 3.05) is 5.32 Å². The number of ether oxygens (including phenoxy) is 1. The summed E-state index contributed by atoms with van der Waals surface area (Å²) in [4.78, 5) is 0. The van der Waals surface area contributed by atoms with Gasteiger partial charge in [0.15, 0.2) is 0 Å². The summed E-state index contributed by atoms with van der Waals surface area (Å²) in [6.07, 6.45) is -1.63. The maximum atomic E-state index is 12.3. The zero-order valence-electron chi connectivity index (χ0n) is 14.7. The summed E-state index contributed by atoms with van der Waals surface area (Å²) < 4.78 is 40.8. The molecule has 0 aliphatic rings. The molecule has 2 aromatic carbocycles. The van der Waals surface area contributed by atoms with Crippen LogP contribution in [0.1, 0.15) is 30.9 Å². The lowest BCUT2D eigenvalue weighted by molar-refractivity contribution is -0.274. The van der Waals surface area contributed by atoms with E-state index >= 15 is 0 Å². The minimum absolute atomic E-state index is 0.283. The Labute approximate surface area is 151 Å². The molecule has 0 amide bonds. The molecule has 0 saturated carbocycles. The number of allylic oxidation sites excluding steroid dienone is 1. The number of aryl methyl sites for hydroxylation is 1. The van der Waals surface area contributed by atoms with Crippen molar-refractivity contribution in [3.63, 3.8) is 0 Å². The van der Waals surface area contributed by atoms with Crippen LogP contribution in [-0.4, -0.2) is 12.1 Å². The summed E-state index contributed by atoms with van der Waals surface area (Å²) in [5.41, 5.74) is 3.67. The van der Waals surface area contributed by atoms with Crippen LogP contribution in [0.15, 0.2) is 54.7 Å². The number of nitrogens with one attached hydrogen (secondary N) is 2. The Bertz CT molecular complexity index is 780. The SMILES string of the molecule is CCCC(=N)/C(=C\Nc1cccc(C)c1)c1ccc(OC(F)(F)F)cc1. The third-order valence-corrected chi connectivity index (χ3v) is 3.63. The summed E-state index contributed by atoms with van der Waals surface area (Å²) in [5.74, 6) is -0.283. The second-order valence-electron chi connectivity index (χ2n) is 5.87. The van der Waals surface area contributed by atoms with Crippen LogP contribution < -0.4 is 10.1 Å². The molecule has 0 aliphatic carbocycles. The summed E-state index contributed by atoms with van der Waals surface area (Å²) in [5, 5.41) is 11.4. The van der Waals surface area contributed by atoms with Crippen molar-refractivity contribution in [2.24, 2.45) is 0 Å². The number of hydrogen-bond acceptors (Lipinski definition) is 3. The van der Waals surface area contributed by atoms with Crippen LogP contribution in [-0.2, 0) is 0 Å². The number of anilines is 1. The van der Waals surface area contributed by atoms with E-state index in [2.05, 4.69) is 10.1 Å². The molecule has 138 valence electrons. The number of rotatable bonds is 7. The standard InChI is InChI=1S/C20H21F3N2O/c1-3-5-19(24)18(13-25-16-7-4-6-14(2)12-16)15-8-10-17(11-9-15)26-20(21,22)23/h4,6-13,24-25H,3,5H2,1-2H3/b18-13-,24-19?. The fourth-order valence-corrected chi connectivity index (χ4v) is 2.46. The van der Waals surface area contributed by atoms with Crippen LogP contribution in [0, 0.1) is 12.3 Å². The maximum absolute atomic E-state index is 12.3. The van der Waals surface area contributed by atoms with Crippen LogP contribution in [0.3, 0.4) is 0 Å². The average molecular weight is 362 g/mol. The first-order valence-corrected chi connectivity index (χ1v) is 8.26. The lowest BCUT2D eigenvalue weighted by atomic mass is 9.99. The zero-order valence-corrected chi connectivity index (χ0v) is 14.7. The van der Waals surface area contributed by atoms with E-state index < -0.39 is 6.36 Å². The van der Waals surface area contributed by atoms with Gasteiger partial charge in [0.05, 0.1) is 0 Å². The van der Waals surface area contributed by atoms with E-state index in [1.54, 1.807) is 6.20 Å². The van der Waals surface area contributed by atoms with Gasteiger partial charge in [-0.05, 0) is 48.7 Å². The Kier molecular flexibility index (Phi) is 6.44. The van der Waals surface area contributed by atoms with E-state index in [0.717, 1.165) is 17.7 Å². The summed E-state index contributed by atoms with van der Waals surface area (Å²) in [6, 6.07) is 13.3. The third-order valence-electron chi connectivity index (χ3n) is 3.63. The fraction of sp³-hybridized carbons (Fsp3) is 0.250. The topological polar surface area (TPSA) is 45.1 Å². The van der Waals surface area contributed by atoms with Gasteiger partial charge in [-0.25, -0.2) is 0 Å². The Morgan fingerprint density at radius 3 is 2.42 bits per heavy atom. The smallest absolute Gasteiger partial charge is 0.406 e. The van der Waals surface area contributed by atoms with Gasteiger partial charge in [-0.3, -0.25) is 0 Å². The predicted molar refractivity (Wildman–Crippen MR) is 98.5 cm³/mol. The largest absolute Gasteiger partial charge is 0.573 e. The van der Waals surface area contributed by atoms with Crippen LogP contribution in [0.4, 0.5) is 18.9 Å². The van der Waals surface area contributed by atoms with Gasteiger partial charge >= 0.3 is 6.36 Å². The van der Waals surface area contributed by atoms with Crippen LogP contribution in [0.2, 0.25) is 0 Å². The van der Waals surface area contributed by atoms with E-state index in [1.807, 2.05) is 38.1 Å². The molecule has 2 aromatic rings. The molecule has 0 saturated heterocycles. The van der Waals surface area contributed by atoms with Crippen molar-refractivity contribution in [3.05, 3.63) is 65.9 Å². The number of hydrogen-bond donors (Lipinski definition) is 2. The molecule has 0 heterocycles. The minimum atomic E-state index is -4.72. The molecule has 0 radical (unpaired) electrons. The Balaban J connectivity index is 2.26. The lowest BCUT2D eigenvalue weighted by Crippen LogP contribution is -2.17. The summed E-state index contributed by atoms with van der Waals surface area (Å²) in [6.45, 7) is 3.95. The van der Waals surface area contributed by atoms with Gasteiger partial charge in [-0.15, -0.1) is 13.2 Å². The molecular weight excluding hydrogens is 341 g/mol. The highest BCUT2D eigenvalue weighted by Gasteiger charge is 2.31. The number of benzene rings is 2. The highest BCUT2D eigenvalue weighted by atomic mass is 19.4. The maximum Gasteiger partial charge on any atom is 0.573 e. The van der Waals surface area contributed by atoms with E-state index in [1.165, 1.54) is 24.3 Å². The molecule has 0 unspecified atom stereocenters. The summed E-state index contributed by atoms with van der Waals surface area (Å²) in [7, 11) is 0. The Morgan fingerprint density at radius 2 is 1.85 bits per heavy atom. The van der Waals surface area contributed by atoms with Crippen molar-refractivity contribution in [2.45, 2.75) is 33.1 Å². The monoisotopic (exact) mass is 362 g/mol. The van der Waals surface area contributed by atoms with Crippen molar-refractivity contribution in [1.82, 2.24) is 0 Å².